The summed E-state index contributed by atoms with van der Waals surface area (Å²) in [5.74, 6) is 0.926. The summed E-state index contributed by atoms with van der Waals surface area (Å²) in [7, 11) is 1.58. The smallest absolute Gasteiger partial charge is 0.224 e. The molecule has 1 fully saturated rings. The van der Waals surface area contributed by atoms with Crippen LogP contribution in [0.2, 0.25) is 0 Å². The van der Waals surface area contributed by atoms with Crippen molar-refractivity contribution < 1.29 is 14.6 Å². The highest BCUT2D eigenvalue weighted by Crippen LogP contribution is 2.66. The molecule has 0 amide bonds. The predicted molar refractivity (Wildman–Crippen MR) is 110 cm³/mol. The molecule has 3 unspecified atom stereocenters. The summed E-state index contributed by atoms with van der Waals surface area (Å²) >= 11 is 3.51. The Morgan fingerprint density at radius 1 is 1.07 bits per heavy atom. The Morgan fingerprint density at radius 3 is 2.54 bits per heavy atom. The molecule has 5 heteroatoms. The van der Waals surface area contributed by atoms with Crippen LogP contribution in [0.1, 0.15) is 35.4 Å². The van der Waals surface area contributed by atoms with Gasteiger partial charge in [-0.1, -0.05) is 58.4 Å². The summed E-state index contributed by atoms with van der Waals surface area (Å²) in [5.41, 5.74) is 0.740. The van der Waals surface area contributed by atoms with Crippen molar-refractivity contribution in [2.45, 2.75) is 30.0 Å². The number of hydrogen-bond donors (Lipinski definition) is 1. The molecule has 3 aromatic rings. The number of halogens is 1. The predicted octanol–water partition coefficient (Wildman–Crippen LogP) is 4.91. The van der Waals surface area contributed by atoms with Gasteiger partial charge in [0.05, 0.1) is 12.7 Å². The van der Waals surface area contributed by atoms with Crippen molar-refractivity contribution in [2.75, 3.05) is 7.11 Å². The maximum atomic E-state index is 12.0. The van der Waals surface area contributed by atoms with Gasteiger partial charge in [0.2, 0.25) is 11.8 Å². The Morgan fingerprint density at radius 2 is 1.82 bits per heavy atom. The number of fused-ring (bicyclic) bond motifs is 3. The van der Waals surface area contributed by atoms with E-state index in [1.807, 2.05) is 48.5 Å². The molecule has 1 saturated carbocycles. The molecule has 142 valence electrons. The zero-order chi connectivity index (χ0) is 19.4. The molecule has 5 rings (SSSR count). The van der Waals surface area contributed by atoms with Gasteiger partial charge in [-0.25, -0.2) is 0 Å². The molecule has 28 heavy (non-hydrogen) atoms. The van der Waals surface area contributed by atoms with Crippen LogP contribution in [0.3, 0.4) is 0 Å². The summed E-state index contributed by atoms with van der Waals surface area (Å²) in [6.07, 6.45) is 1.42. The number of aromatic nitrogens is 1. The number of aliphatic hydroxyl groups is 1. The molecule has 1 aromatic heterocycles. The van der Waals surface area contributed by atoms with Crippen LogP contribution in [0, 0.1) is 0 Å². The molecule has 1 aliphatic heterocycles. The van der Waals surface area contributed by atoms with Gasteiger partial charge in [0, 0.05) is 16.5 Å². The zero-order valence-corrected chi connectivity index (χ0v) is 17.0. The molecule has 2 aliphatic rings. The van der Waals surface area contributed by atoms with E-state index in [1.54, 1.807) is 13.2 Å². The monoisotopic (exact) mass is 437 g/mol. The van der Waals surface area contributed by atoms with Crippen LogP contribution in [0.5, 0.6) is 11.8 Å². The molecule has 4 nitrogen and oxygen atoms in total. The summed E-state index contributed by atoms with van der Waals surface area (Å²) in [5, 5.41) is 12.0. The first kappa shape index (κ1) is 17.7. The second-order valence-electron chi connectivity index (χ2n) is 7.41. The van der Waals surface area contributed by atoms with Gasteiger partial charge in [0.25, 0.3) is 0 Å². The van der Waals surface area contributed by atoms with Crippen molar-refractivity contribution in [1.29, 1.82) is 0 Å². The Balaban J connectivity index is 1.75. The van der Waals surface area contributed by atoms with Crippen molar-refractivity contribution >= 4 is 15.9 Å². The highest BCUT2D eigenvalue weighted by molar-refractivity contribution is 9.10. The molecular formula is C23H20BrNO3. The van der Waals surface area contributed by atoms with E-state index in [9.17, 15) is 5.11 Å². The van der Waals surface area contributed by atoms with E-state index in [2.05, 4.69) is 33.0 Å². The Kier molecular flexibility index (Phi) is 4.00. The lowest BCUT2D eigenvalue weighted by atomic mass is 9.72. The second-order valence-corrected chi connectivity index (χ2v) is 8.33. The maximum absolute atomic E-state index is 12.0. The normalized spacial score (nSPS) is 27.8. The van der Waals surface area contributed by atoms with E-state index in [-0.39, 0.29) is 5.92 Å². The lowest BCUT2D eigenvalue weighted by Gasteiger charge is -2.40. The van der Waals surface area contributed by atoms with Gasteiger partial charge >= 0.3 is 0 Å². The minimum Gasteiger partial charge on any atom is -0.481 e. The zero-order valence-electron chi connectivity index (χ0n) is 15.4. The van der Waals surface area contributed by atoms with Gasteiger partial charge in [0.1, 0.15) is 5.60 Å². The number of pyridine rings is 1. The third kappa shape index (κ3) is 2.29. The largest absolute Gasteiger partial charge is 0.481 e. The number of hydrogen-bond acceptors (Lipinski definition) is 4. The summed E-state index contributed by atoms with van der Waals surface area (Å²) < 4.78 is 12.9. The van der Waals surface area contributed by atoms with Crippen molar-refractivity contribution in [3.63, 3.8) is 0 Å². The fourth-order valence-electron chi connectivity index (χ4n) is 4.89. The number of benzene rings is 2. The van der Waals surface area contributed by atoms with Crippen molar-refractivity contribution in [2.24, 2.45) is 0 Å². The lowest BCUT2D eigenvalue weighted by molar-refractivity contribution is -0.106. The third-order valence-electron chi connectivity index (χ3n) is 6.12. The minimum absolute atomic E-state index is 0.0000652. The summed E-state index contributed by atoms with van der Waals surface area (Å²) in [4.78, 5) is 4.50. The summed E-state index contributed by atoms with van der Waals surface area (Å²) in [6, 6.07) is 22.0. The van der Waals surface area contributed by atoms with Crippen LogP contribution < -0.4 is 9.47 Å². The number of rotatable bonds is 3. The van der Waals surface area contributed by atoms with Gasteiger partial charge in [-0.15, -0.1) is 0 Å². The van der Waals surface area contributed by atoms with Gasteiger partial charge in [-0.2, -0.15) is 4.98 Å². The van der Waals surface area contributed by atoms with Crippen LogP contribution in [0.25, 0.3) is 0 Å². The third-order valence-corrected chi connectivity index (χ3v) is 6.65. The SMILES string of the molecule is COc1ccc2c(n1)OC1(c3ccc(Br)cc3)C(c3ccccc3)CCC21O. The Labute approximate surface area is 172 Å². The van der Waals surface area contributed by atoms with Crippen molar-refractivity contribution in [1.82, 2.24) is 4.98 Å². The molecule has 0 saturated heterocycles. The minimum atomic E-state index is -1.16. The second kappa shape index (κ2) is 6.33. The summed E-state index contributed by atoms with van der Waals surface area (Å²) in [6.45, 7) is 0. The fraction of sp³-hybridized carbons (Fsp3) is 0.261. The average molecular weight is 438 g/mol. The first-order chi connectivity index (χ1) is 13.6. The highest BCUT2D eigenvalue weighted by atomic mass is 79.9. The highest BCUT2D eigenvalue weighted by Gasteiger charge is 2.68. The molecule has 1 aliphatic carbocycles. The van der Waals surface area contributed by atoms with Crippen LogP contribution in [-0.4, -0.2) is 17.2 Å². The number of ether oxygens (including phenoxy) is 2. The Bertz CT molecular complexity index is 1020. The van der Waals surface area contributed by atoms with Crippen molar-refractivity contribution in [3.8, 4) is 11.8 Å². The van der Waals surface area contributed by atoms with Crippen LogP contribution >= 0.6 is 15.9 Å². The van der Waals surface area contributed by atoms with E-state index in [0.717, 1.165) is 27.6 Å². The van der Waals surface area contributed by atoms with Crippen molar-refractivity contribution in [3.05, 3.63) is 87.9 Å². The van der Waals surface area contributed by atoms with E-state index < -0.39 is 11.2 Å². The molecule has 0 bridgehead atoms. The lowest BCUT2D eigenvalue weighted by Crippen LogP contribution is -2.48. The Hall–Kier alpha value is -2.37. The van der Waals surface area contributed by atoms with Crippen LogP contribution in [0.15, 0.2) is 71.2 Å². The first-order valence-corrected chi connectivity index (χ1v) is 10.2. The number of methoxy groups -OCH3 is 1. The standard InChI is InChI=1S/C23H20BrNO3/c1-27-20-12-11-19-21(25-20)28-23(16-7-9-17(24)10-8-16)18(13-14-22(19,23)26)15-5-3-2-4-6-15/h2-12,18,26H,13-14H2,1H3. The molecule has 2 heterocycles. The maximum Gasteiger partial charge on any atom is 0.224 e. The van der Waals surface area contributed by atoms with Gasteiger partial charge in [-0.05, 0) is 42.2 Å². The average Bonchev–Trinajstić information content (AvgIpc) is 3.16. The molecule has 0 spiro atoms. The van der Waals surface area contributed by atoms with E-state index >= 15 is 0 Å². The van der Waals surface area contributed by atoms with E-state index in [0.29, 0.717) is 18.2 Å². The molecule has 0 radical (unpaired) electrons. The van der Waals surface area contributed by atoms with Gasteiger partial charge in [-0.3, -0.25) is 0 Å². The van der Waals surface area contributed by atoms with Gasteiger partial charge in [0.15, 0.2) is 5.60 Å². The molecule has 1 N–H and O–H groups in total. The fourth-order valence-corrected chi connectivity index (χ4v) is 5.15. The molecule has 2 aromatic carbocycles. The number of nitrogens with zero attached hydrogens (tertiary/aromatic N) is 1. The quantitative estimate of drug-likeness (QED) is 0.632. The first-order valence-electron chi connectivity index (χ1n) is 9.36. The van der Waals surface area contributed by atoms with Crippen LogP contribution in [-0.2, 0) is 11.2 Å². The van der Waals surface area contributed by atoms with Gasteiger partial charge < -0.3 is 14.6 Å². The molecule has 3 atom stereocenters. The topological polar surface area (TPSA) is 51.6 Å². The van der Waals surface area contributed by atoms with E-state index in [1.165, 1.54) is 0 Å². The van der Waals surface area contributed by atoms with Crippen LogP contribution in [0.4, 0.5) is 0 Å². The molecular weight excluding hydrogens is 418 g/mol. The van der Waals surface area contributed by atoms with E-state index in [4.69, 9.17) is 9.47 Å².